The zero-order chi connectivity index (χ0) is 24.4. The number of rotatable bonds is 7. The van der Waals surface area contributed by atoms with Gasteiger partial charge in [0.2, 0.25) is 11.8 Å². The number of carbonyl (C=O) groups excluding carboxylic acids is 1. The molecule has 0 saturated carbocycles. The molecular weight excluding hydrogens is 458 g/mol. The van der Waals surface area contributed by atoms with E-state index < -0.39 is 0 Å². The number of benzene rings is 3. The van der Waals surface area contributed by atoms with Crippen LogP contribution >= 0.6 is 11.8 Å². The fourth-order valence-electron chi connectivity index (χ4n) is 4.34. The maximum atomic E-state index is 12.8. The van der Waals surface area contributed by atoms with Gasteiger partial charge < -0.3 is 14.4 Å². The Bertz CT molecular complexity index is 1380. The van der Waals surface area contributed by atoms with Crippen LogP contribution in [0.4, 0.5) is 0 Å². The molecule has 7 heteroatoms. The summed E-state index contributed by atoms with van der Waals surface area (Å²) in [6, 6.07) is 20.0. The molecule has 0 N–H and O–H groups in total. The summed E-state index contributed by atoms with van der Waals surface area (Å²) in [5, 5.41) is 3.10. The second kappa shape index (κ2) is 9.96. The molecule has 35 heavy (non-hydrogen) atoms. The van der Waals surface area contributed by atoms with Gasteiger partial charge in [-0.15, -0.1) is 0 Å². The number of thioether (sulfide) groups is 1. The predicted octanol–water partition coefficient (Wildman–Crippen LogP) is 5.96. The lowest BCUT2D eigenvalue weighted by molar-refractivity contribution is -0.127. The van der Waals surface area contributed by atoms with Gasteiger partial charge in [-0.05, 0) is 55.0 Å². The molecule has 0 atom stereocenters. The first-order valence-corrected chi connectivity index (χ1v) is 12.7. The Balaban J connectivity index is 1.56. The number of aromatic nitrogens is 2. The summed E-state index contributed by atoms with van der Waals surface area (Å²) >= 11 is 1.45. The summed E-state index contributed by atoms with van der Waals surface area (Å²) in [7, 11) is 1.64. The lowest BCUT2D eigenvalue weighted by Crippen LogP contribution is -2.31. The minimum absolute atomic E-state index is 0.0981. The number of hydrogen-bond acceptors (Lipinski definition) is 6. The van der Waals surface area contributed by atoms with E-state index in [0.29, 0.717) is 37.0 Å². The van der Waals surface area contributed by atoms with Gasteiger partial charge in [-0.1, -0.05) is 42.1 Å². The van der Waals surface area contributed by atoms with Crippen molar-refractivity contribution in [2.24, 2.45) is 0 Å². The first kappa shape index (κ1) is 23.2. The van der Waals surface area contributed by atoms with Gasteiger partial charge in [0, 0.05) is 30.6 Å². The van der Waals surface area contributed by atoms with Crippen LogP contribution in [0.15, 0.2) is 65.7 Å². The van der Waals surface area contributed by atoms with Crippen LogP contribution in [0.2, 0.25) is 0 Å². The van der Waals surface area contributed by atoms with Crippen molar-refractivity contribution < 1.29 is 14.3 Å². The van der Waals surface area contributed by atoms with Crippen molar-refractivity contribution in [3.8, 4) is 28.8 Å². The molecule has 0 bridgehead atoms. The average Bonchev–Trinajstić information content (AvgIpc) is 2.91. The molecule has 0 fully saturated rings. The van der Waals surface area contributed by atoms with E-state index in [9.17, 15) is 4.79 Å². The second-order valence-corrected chi connectivity index (χ2v) is 9.23. The van der Waals surface area contributed by atoms with E-state index in [0.717, 1.165) is 38.6 Å². The van der Waals surface area contributed by atoms with Crippen LogP contribution in [-0.4, -0.2) is 46.7 Å². The molecule has 1 aliphatic rings. The molecule has 0 aliphatic carbocycles. The van der Waals surface area contributed by atoms with Crippen LogP contribution in [0.5, 0.6) is 17.4 Å². The van der Waals surface area contributed by atoms with E-state index in [1.54, 1.807) is 7.11 Å². The van der Waals surface area contributed by atoms with Crippen LogP contribution in [0.3, 0.4) is 0 Å². The Kier molecular flexibility index (Phi) is 6.59. The van der Waals surface area contributed by atoms with Gasteiger partial charge in [0.25, 0.3) is 0 Å². The zero-order valence-corrected chi connectivity index (χ0v) is 20.9. The highest BCUT2D eigenvalue weighted by Gasteiger charge is 2.26. The van der Waals surface area contributed by atoms with Gasteiger partial charge in [0.15, 0.2) is 5.82 Å². The topological polar surface area (TPSA) is 64.6 Å². The van der Waals surface area contributed by atoms with Crippen molar-refractivity contribution >= 4 is 28.4 Å². The predicted molar refractivity (Wildman–Crippen MR) is 139 cm³/mol. The number of nitrogens with zero attached hydrogens (tertiary/aromatic N) is 3. The smallest absolute Gasteiger partial charge is 0.232 e. The zero-order valence-electron chi connectivity index (χ0n) is 20.1. The van der Waals surface area contributed by atoms with Crippen LogP contribution in [0, 0.1) is 0 Å². The Labute approximate surface area is 209 Å². The molecule has 0 unspecified atom stereocenters. The van der Waals surface area contributed by atoms with E-state index in [4.69, 9.17) is 19.4 Å². The minimum Gasteiger partial charge on any atom is -0.497 e. The summed E-state index contributed by atoms with van der Waals surface area (Å²) in [5.74, 6) is 3.10. The Hall–Kier alpha value is -3.58. The molecule has 1 amide bonds. The largest absolute Gasteiger partial charge is 0.497 e. The maximum absolute atomic E-state index is 12.8. The van der Waals surface area contributed by atoms with E-state index >= 15 is 0 Å². The maximum Gasteiger partial charge on any atom is 0.232 e. The third-order valence-corrected chi connectivity index (χ3v) is 7.29. The molecule has 3 aromatic carbocycles. The molecule has 1 aromatic heterocycles. The first-order valence-electron chi connectivity index (χ1n) is 11.8. The van der Waals surface area contributed by atoms with Gasteiger partial charge in [-0.25, -0.2) is 4.98 Å². The number of hydrogen-bond donors (Lipinski definition) is 0. The molecule has 0 spiro atoms. The highest BCUT2D eigenvalue weighted by molar-refractivity contribution is 7.99. The highest BCUT2D eigenvalue weighted by atomic mass is 32.2. The van der Waals surface area contributed by atoms with Crippen LogP contribution < -0.4 is 9.47 Å². The van der Waals surface area contributed by atoms with Crippen molar-refractivity contribution in [2.45, 2.75) is 25.3 Å². The molecule has 6 nitrogen and oxygen atoms in total. The van der Waals surface area contributed by atoms with Gasteiger partial charge in [0.05, 0.1) is 18.4 Å². The molecule has 4 aromatic rings. The Morgan fingerprint density at radius 1 is 1.00 bits per heavy atom. The van der Waals surface area contributed by atoms with Crippen LogP contribution in [0.25, 0.3) is 22.2 Å². The van der Waals surface area contributed by atoms with Crippen LogP contribution in [0.1, 0.15) is 25.0 Å². The molecule has 2 heterocycles. The van der Waals surface area contributed by atoms with Crippen molar-refractivity contribution in [1.29, 1.82) is 0 Å². The van der Waals surface area contributed by atoms with E-state index in [1.165, 1.54) is 17.1 Å². The van der Waals surface area contributed by atoms with Crippen molar-refractivity contribution in [3.63, 3.8) is 0 Å². The first-order chi connectivity index (χ1) is 17.1. The van der Waals surface area contributed by atoms with Crippen LogP contribution in [-0.2, 0) is 11.2 Å². The summed E-state index contributed by atoms with van der Waals surface area (Å²) < 4.78 is 11.6. The molecule has 178 valence electrons. The average molecular weight is 486 g/mol. The molecular formula is C28H27N3O3S. The monoisotopic (exact) mass is 485 g/mol. The van der Waals surface area contributed by atoms with Gasteiger partial charge in [-0.3, -0.25) is 4.79 Å². The summed E-state index contributed by atoms with van der Waals surface area (Å²) in [6.45, 7) is 5.38. The van der Waals surface area contributed by atoms with Crippen molar-refractivity contribution in [1.82, 2.24) is 14.9 Å². The number of ether oxygens (including phenoxy) is 2. The third kappa shape index (κ3) is 4.56. The molecule has 0 radical (unpaired) electrons. The molecule has 1 aliphatic heterocycles. The van der Waals surface area contributed by atoms with E-state index in [2.05, 4.69) is 18.2 Å². The lowest BCUT2D eigenvalue weighted by atomic mass is 9.97. The Morgan fingerprint density at radius 3 is 2.51 bits per heavy atom. The SMILES string of the molecule is CCN(CC)C(=O)CSc1nc(-c2ccc(OC)cc2)nc2c1Cc1c(ccc3ccccc13)O2. The summed E-state index contributed by atoms with van der Waals surface area (Å²) in [4.78, 5) is 24.3. The summed E-state index contributed by atoms with van der Waals surface area (Å²) in [6.07, 6.45) is 0.650. The van der Waals surface area contributed by atoms with Gasteiger partial charge in [-0.2, -0.15) is 4.98 Å². The fraction of sp³-hybridized carbons (Fsp3) is 0.250. The lowest BCUT2D eigenvalue weighted by Gasteiger charge is -2.23. The van der Waals surface area contributed by atoms with Gasteiger partial charge >= 0.3 is 0 Å². The minimum atomic E-state index is 0.0981. The normalized spacial score (nSPS) is 12.0. The van der Waals surface area contributed by atoms with Gasteiger partial charge in [0.1, 0.15) is 16.5 Å². The number of amides is 1. The number of methoxy groups -OCH3 is 1. The number of fused-ring (bicyclic) bond motifs is 4. The van der Waals surface area contributed by atoms with Crippen molar-refractivity contribution in [2.75, 3.05) is 26.0 Å². The Morgan fingerprint density at radius 2 is 1.77 bits per heavy atom. The second-order valence-electron chi connectivity index (χ2n) is 8.26. The van der Waals surface area contributed by atoms with E-state index in [1.807, 2.05) is 61.2 Å². The highest BCUT2D eigenvalue weighted by Crippen LogP contribution is 2.43. The molecule has 5 rings (SSSR count). The van der Waals surface area contributed by atoms with Crippen molar-refractivity contribution in [3.05, 3.63) is 71.8 Å². The quantitative estimate of drug-likeness (QED) is 0.209. The van der Waals surface area contributed by atoms with E-state index in [-0.39, 0.29) is 5.91 Å². The fourth-order valence-corrected chi connectivity index (χ4v) is 5.27. The summed E-state index contributed by atoms with van der Waals surface area (Å²) in [5.41, 5.74) is 2.90. The number of carbonyl (C=O) groups is 1. The standard InChI is InChI=1S/C28H27N3O3S/c1-4-31(5-2)25(32)17-35-28-23-16-22-21-9-7-6-8-18(21)12-15-24(22)34-27(23)29-26(30-28)19-10-13-20(33-3)14-11-19/h6-15H,4-5,16-17H2,1-3H3. The molecule has 0 saturated heterocycles. The third-order valence-electron chi connectivity index (χ3n) is 6.29.